The third-order valence-corrected chi connectivity index (χ3v) is 3.56. The minimum Gasteiger partial charge on any atom is -0.306 e. The Morgan fingerprint density at radius 1 is 1.10 bits per heavy atom. The van der Waals surface area contributed by atoms with E-state index < -0.39 is 17.7 Å². The van der Waals surface area contributed by atoms with E-state index in [0.29, 0.717) is 6.54 Å². The van der Waals surface area contributed by atoms with Gasteiger partial charge in [0.05, 0.1) is 6.04 Å². The fraction of sp³-hybridized carbons (Fsp3) is 0.250. The van der Waals surface area contributed by atoms with Gasteiger partial charge in [-0.1, -0.05) is 41.1 Å². The first-order valence-corrected chi connectivity index (χ1v) is 7.35. The first kappa shape index (κ1) is 15.1. The van der Waals surface area contributed by atoms with Gasteiger partial charge in [0.1, 0.15) is 11.6 Å². The van der Waals surface area contributed by atoms with Gasteiger partial charge in [0.25, 0.3) is 0 Å². The van der Waals surface area contributed by atoms with E-state index in [1.54, 1.807) is 0 Å². The molecular formula is C16H16BrF2N. The molecule has 0 aliphatic carbocycles. The molecule has 1 nitrogen and oxygen atoms in total. The maximum absolute atomic E-state index is 14.0. The smallest absolute Gasteiger partial charge is 0.131 e. The molecule has 106 valence electrons. The van der Waals surface area contributed by atoms with Gasteiger partial charge >= 0.3 is 0 Å². The molecule has 0 spiro atoms. The van der Waals surface area contributed by atoms with Crippen molar-refractivity contribution >= 4 is 15.9 Å². The molecule has 0 aliphatic rings. The lowest BCUT2D eigenvalue weighted by Gasteiger charge is -2.21. The fourth-order valence-corrected chi connectivity index (χ4v) is 2.56. The third-order valence-electron chi connectivity index (χ3n) is 3.07. The van der Waals surface area contributed by atoms with E-state index in [4.69, 9.17) is 0 Å². The molecule has 0 aliphatic heterocycles. The predicted octanol–water partition coefficient (Wildman–Crippen LogP) is 4.82. The van der Waals surface area contributed by atoms with Crippen LogP contribution >= 0.6 is 15.9 Å². The molecule has 0 aromatic heterocycles. The summed E-state index contributed by atoms with van der Waals surface area (Å²) in [6.07, 6.45) is 0.889. The summed E-state index contributed by atoms with van der Waals surface area (Å²) in [5.74, 6) is -1.06. The van der Waals surface area contributed by atoms with E-state index in [1.165, 1.54) is 18.2 Å². The lowest BCUT2D eigenvalue weighted by atomic mass is 9.97. The van der Waals surface area contributed by atoms with Crippen LogP contribution in [-0.2, 0) is 0 Å². The number of rotatable bonds is 5. The van der Waals surface area contributed by atoms with Crippen molar-refractivity contribution in [1.29, 1.82) is 0 Å². The highest BCUT2D eigenvalue weighted by Crippen LogP contribution is 2.28. The average molecular weight is 340 g/mol. The molecule has 1 atom stereocenters. The SMILES string of the molecule is CCCNC(c1cccc(Br)c1)c1c(F)cccc1F. The molecule has 0 bridgehead atoms. The van der Waals surface area contributed by atoms with Crippen molar-refractivity contribution in [2.75, 3.05) is 6.54 Å². The Labute approximate surface area is 126 Å². The second-order valence-corrected chi connectivity index (χ2v) is 5.49. The molecule has 4 heteroatoms. The molecule has 1 unspecified atom stereocenters. The number of nitrogens with one attached hydrogen (secondary N) is 1. The average Bonchev–Trinajstić information content (AvgIpc) is 2.42. The summed E-state index contributed by atoms with van der Waals surface area (Å²) in [5.41, 5.74) is 0.899. The van der Waals surface area contributed by atoms with Gasteiger partial charge in [-0.2, -0.15) is 0 Å². The van der Waals surface area contributed by atoms with Crippen molar-refractivity contribution in [3.8, 4) is 0 Å². The fourth-order valence-electron chi connectivity index (χ4n) is 2.15. The van der Waals surface area contributed by atoms with Crippen molar-refractivity contribution in [2.45, 2.75) is 19.4 Å². The van der Waals surface area contributed by atoms with Gasteiger partial charge in [-0.25, -0.2) is 8.78 Å². The number of benzene rings is 2. The van der Waals surface area contributed by atoms with Crippen LogP contribution in [0.1, 0.15) is 30.5 Å². The highest BCUT2D eigenvalue weighted by atomic mass is 79.9. The van der Waals surface area contributed by atoms with Gasteiger partial charge in [-0.15, -0.1) is 0 Å². The van der Waals surface area contributed by atoms with Crippen LogP contribution in [0.25, 0.3) is 0 Å². The minimum atomic E-state index is -0.529. The van der Waals surface area contributed by atoms with Crippen LogP contribution in [0.2, 0.25) is 0 Å². The zero-order valence-corrected chi connectivity index (χ0v) is 12.8. The Hall–Kier alpha value is -1.26. The standard InChI is InChI=1S/C16H16BrF2N/c1-2-9-20-16(11-5-3-6-12(17)10-11)15-13(18)7-4-8-14(15)19/h3-8,10,16,20H,2,9H2,1H3. The van der Waals surface area contributed by atoms with Gasteiger partial charge in [-0.05, 0) is 42.8 Å². The van der Waals surface area contributed by atoms with Crippen LogP contribution < -0.4 is 5.32 Å². The summed E-state index contributed by atoms with van der Waals surface area (Å²) in [6, 6.07) is 11.0. The molecular weight excluding hydrogens is 324 g/mol. The largest absolute Gasteiger partial charge is 0.306 e. The zero-order chi connectivity index (χ0) is 14.5. The van der Waals surface area contributed by atoms with E-state index in [2.05, 4.69) is 21.2 Å². The Morgan fingerprint density at radius 2 is 1.75 bits per heavy atom. The van der Waals surface area contributed by atoms with Gasteiger partial charge < -0.3 is 5.32 Å². The monoisotopic (exact) mass is 339 g/mol. The summed E-state index contributed by atoms with van der Waals surface area (Å²) in [7, 11) is 0. The van der Waals surface area contributed by atoms with Crippen molar-refractivity contribution in [3.05, 3.63) is 69.7 Å². The van der Waals surface area contributed by atoms with Gasteiger partial charge in [0.2, 0.25) is 0 Å². The second kappa shape index (κ2) is 6.95. The highest BCUT2D eigenvalue weighted by Gasteiger charge is 2.21. The van der Waals surface area contributed by atoms with Crippen LogP contribution in [0.3, 0.4) is 0 Å². The summed E-state index contributed by atoms with van der Waals surface area (Å²) in [5, 5.41) is 3.21. The normalized spacial score (nSPS) is 12.4. The van der Waals surface area contributed by atoms with Crippen molar-refractivity contribution in [2.24, 2.45) is 0 Å². The molecule has 0 amide bonds. The van der Waals surface area contributed by atoms with Gasteiger partial charge in [0, 0.05) is 10.0 Å². The summed E-state index contributed by atoms with van der Waals surface area (Å²) < 4.78 is 28.9. The number of hydrogen-bond acceptors (Lipinski definition) is 1. The van der Waals surface area contributed by atoms with Gasteiger partial charge in [0.15, 0.2) is 0 Å². The Morgan fingerprint density at radius 3 is 2.35 bits per heavy atom. The quantitative estimate of drug-likeness (QED) is 0.823. The molecule has 2 rings (SSSR count). The Bertz CT molecular complexity index is 566. The predicted molar refractivity (Wildman–Crippen MR) is 80.6 cm³/mol. The Balaban J connectivity index is 2.47. The van der Waals surface area contributed by atoms with E-state index in [0.717, 1.165) is 16.5 Å². The highest BCUT2D eigenvalue weighted by molar-refractivity contribution is 9.10. The van der Waals surface area contributed by atoms with E-state index in [-0.39, 0.29) is 5.56 Å². The molecule has 2 aromatic rings. The van der Waals surface area contributed by atoms with Crippen molar-refractivity contribution in [1.82, 2.24) is 5.32 Å². The molecule has 2 aromatic carbocycles. The zero-order valence-electron chi connectivity index (χ0n) is 11.2. The molecule has 0 fully saturated rings. The third kappa shape index (κ3) is 3.44. The van der Waals surface area contributed by atoms with E-state index >= 15 is 0 Å². The second-order valence-electron chi connectivity index (χ2n) is 4.58. The molecule has 1 N–H and O–H groups in total. The van der Waals surface area contributed by atoms with Gasteiger partial charge in [-0.3, -0.25) is 0 Å². The van der Waals surface area contributed by atoms with Crippen molar-refractivity contribution in [3.63, 3.8) is 0 Å². The first-order valence-electron chi connectivity index (χ1n) is 6.56. The van der Waals surface area contributed by atoms with Crippen molar-refractivity contribution < 1.29 is 8.78 Å². The van der Waals surface area contributed by atoms with Crippen LogP contribution in [-0.4, -0.2) is 6.54 Å². The topological polar surface area (TPSA) is 12.0 Å². The maximum Gasteiger partial charge on any atom is 0.131 e. The molecule has 20 heavy (non-hydrogen) atoms. The van der Waals surface area contributed by atoms with E-state index in [1.807, 2.05) is 31.2 Å². The Kier molecular flexibility index (Phi) is 5.26. The van der Waals surface area contributed by atoms with E-state index in [9.17, 15) is 8.78 Å². The summed E-state index contributed by atoms with van der Waals surface area (Å²) in [4.78, 5) is 0. The molecule has 0 saturated heterocycles. The lowest BCUT2D eigenvalue weighted by molar-refractivity contribution is 0.503. The molecule has 0 heterocycles. The summed E-state index contributed by atoms with van der Waals surface area (Å²) in [6.45, 7) is 2.70. The molecule has 0 saturated carbocycles. The van der Waals surface area contributed by atoms with Crippen LogP contribution in [0.15, 0.2) is 46.9 Å². The first-order chi connectivity index (χ1) is 9.63. The molecule has 0 radical (unpaired) electrons. The van der Waals surface area contributed by atoms with Crippen LogP contribution in [0.4, 0.5) is 8.78 Å². The number of halogens is 3. The minimum absolute atomic E-state index is 0.0686. The number of hydrogen-bond donors (Lipinski definition) is 1. The lowest BCUT2D eigenvalue weighted by Crippen LogP contribution is -2.25. The van der Waals surface area contributed by atoms with Crippen LogP contribution in [0.5, 0.6) is 0 Å². The maximum atomic E-state index is 14.0. The summed E-state index contributed by atoms with van der Waals surface area (Å²) >= 11 is 3.39. The van der Waals surface area contributed by atoms with Crippen LogP contribution in [0, 0.1) is 11.6 Å².